The highest BCUT2D eigenvalue weighted by molar-refractivity contribution is 5.87. The van der Waals surface area contributed by atoms with E-state index in [-0.39, 0.29) is 5.41 Å². The highest BCUT2D eigenvalue weighted by Crippen LogP contribution is 2.59. The number of hydrogen-bond acceptors (Lipinski definition) is 3. The van der Waals surface area contributed by atoms with Gasteiger partial charge in [-0.05, 0) is 67.1 Å². The number of fused-ring (bicyclic) bond motifs is 7. The predicted octanol–water partition coefficient (Wildman–Crippen LogP) is 3.38. The second-order valence-electron chi connectivity index (χ2n) is 7.66. The van der Waals surface area contributed by atoms with Crippen molar-refractivity contribution in [3.8, 4) is 0 Å². The molecule has 1 aromatic heterocycles. The van der Waals surface area contributed by atoms with Gasteiger partial charge >= 0.3 is 0 Å². The van der Waals surface area contributed by atoms with E-state index < -0.39 is 0 Å². The molecule has 0 spiro atoms. The molecule has 22 heavy (non-hydrogen) atoms. The van der Waals surface area contributed by atoms with Crippen molar-refractivity contribution in [2.75, 3.05) is 0 Å². The topological polar surface area (TPSA) is 58.6 Å². The molecule has 1 heterocycles. The number of carbonyl (C=O) groups excluding carboxylic acids is 1. The fourth-order valence-corrected chi connectivity index (χ4v) is 5.75. The summed E-state index contributed by atoms with van der Waals surface area (Å²) < 4.78 is 0. The molecule has 3 aliphatic rings. The summed E-state index contributed by atoms with van der Waals surface area (Å²) in [6.45, 7) is 2.24. The van der Waals surface area contributed by atoms with Gasteiger partial charge in [-0.1, -0.05) is 13.0 Å². The van der Waals surface area contributed by atoms with Gasteiger partial charge in [0.2, 0.25) is 0 Å². The molecule has 0 aliphatic heterocycles. The summed E-state index contributed by atoms with van der Waals surface area (Å²) >= 11 is 0. The predicted molar refractivity (Wildman–Crippen MR) is 83.5 cm³/mol. The van der Waals surface area contributed by atoms with E-state index in [4.69, 9.17) is 0 Å². The van der Waals surface area contributed by atoms with Crippen LogP contribution in [0.15, 0.2) is 12.1 Å². The summed E-state index contributed by atoms with van der Waals surface area (Å²) in [5.74, 6) is 2.42. The van der Waals surface area contributed by atoms with Crippen LogP contribution in [0.3, 0.4) is 0 Å². The minimum absolute atomic E-state index is 0.0311. The standard InChI is InChI=1S/C18H21N3O/c1-18-9-8-11-10-4-6-15-17(20-21-19-15)13(10)3-2-12(11)14(18)5-7-16(18)22/h4,6,11-12,14H,2-3,5,7-9H2,1H3,(H,19,20,21)/t11-,12-,14+,18+/m1/s1. The molecule has 4 atom stereocenters. The fourth-order valence-electron chi connectivity index (χ4n) is 5.75. The van der Waals surface area contributed by atoms with Crippen LogP contribution in [0.25, 0.3) is 11.0 Å². The van der Waals surface area contributed by atoms with E-state index in [0.29, 0.717) is 23.5 Å². The third kappa shape index (κ3) is 1.46. The van der Waals surface area contributed by atoms with Crippen molar-refractivity contribution in [3.63, 3.8) is 0 Å². The quantitative estimate of drug-likeness (QED) is 0.810. The Morgan fingerprint density at radius 3 is 3.00 bits per heavy atom. The molecule has 3 aliphatic carbocycles. The number of aromatic amines is 1. The fraction of sp³-hybridized carbons (Fsp3) is 0.611. The lowest BCUT2D eigenvalue weighted by molar-refractivity contribution is -0.129. The Kier molecular flexibility index (Phi) is 2.43. The van der Waals surface area contributed by atoms with Crippen LogP contribution in [0.4, 0.5) is 0 Å². The molecule has 0 amide bonds. The third-order valence-electron chi connectivity index (χ3n) is 6.90. The molecule has 4 heteroatoms. The van der Waals surface area contributed by atoms with E-state index in [1.165, 1.54) is 17.5 Å². The molecule has 5 rings (SSSR count). The monoisotopic (exact) mass is 295 g/mol. The first-order valence-corrected chi connectivity index (χ1v) is 8.54. The molecular formula is C18H21N3O. The van der Waals surface area contributed by atoms with Crippen molar-refractivity contribution in [2.24, 2.45) is 17.3 Å². The van der Waals surface area contributed by atoms with Crippen LogP contribution < -0.4 is 0 Å². The zero-order chi connectivity index (χ0) is 14.9. The zero-order valence-corrected chi connectivity index (χ0v) is 12.9. The number of rotatable bonds is 0. The molecule has 0 saturated heterocycles. The minimum atomic E-state index is -0.0311. The van der Waals surface area contributed by atoms with Gasteiger partial charge in [0, 0.05) is 11.8 Å². The van der Waals surface area contributed by atoms with Crippen LogP contribution in [-0.4, -0.2) is 21.2 Å². The van der Waals surface area contributed by atoms with Gasteiger partial charge in [0.15, 0.2) is 0 Å². The normalized spacial score (nSPS) is 37.0. The molecule has 1 N–H and O–H groups in total. The molecule has 4 nitrogen and oxygen atoms in total. The molecular weight excluding hydrogens is 274 g/mol. The number of aryl methyl sites for hydroxylation is 1. The van der Waals surface area contributed by atoms with Gasteiger partial charge in [0.05, 0.1) is 0 Å². The van der Waals surface area contributed by atoms with Crippen LogP contribution in [0.5, 0.6) is 0 Å². The van der Waals surface area contributed by atoms with Crippen LogP contribution in [-0.2, 0) is 11.2 Å². The van der Waals surface area contributed by atoms with Crippen LogP contribution in [0, 0.1) is 17.3 Å². The van der Waals surface area contributed by atoms with Crippen molar-refractivity contribution < 1.29 is 4.79 Å². The maximum absolute atomic E-state index is 12.4. The van der Waals surface area contributed by atoms with E-state index in [1.807, 2.05) is 0 Å². The van der Waals surface area contributed by atoms with Crippen LogP contribution >= 0.6 is 0 Å². The summed E-state index contributed by atoms with van der Waals surface area (Å²) in [5.41, 5.74) is 4.90. The molecule has 0 bridgehead atoms. The van der Waals surface area contributed by atoms with Crippen molar-refractivity contribution >= 4 is 16.8 Å². The minimum Gasteiger partial charge on any atom is -0.299 e. The number of aromatic nitrogens is 3. The van der Waals surface area contributed by atoms with E-state index in [9.17, 15) is 4.79 Å². The highest BCUT2D eigenvalue weighted by atomic mass is 16.1. The van der Waals surface area contributed by atoms with Crippen molar-refractivity contribution in [1.29, 1.82) is 0 Å². The number of nitrogens with zero attached hydrogens (tertiary/aromatic N) is 2. The van der Waals surface area contributed by atoms with Crippen LogP contribution in [0.2, 0.25) is 0 Å². The first-order valence-electron chi connectivity index (χ1n) is 8.54. The lowest BCUT2D eigenvalue weighted by Crippen LogP contribution is -2.42. The Labute approximate surface area is 129 Å². The first kappa shape index (κ1) is 12.8. The van der Waals surface area contributed by atoms with Gasteiger partial charge in [0.25, 0.3) is 0 Å². The van der Waals surface area contributed by atoms with E-state index in [1.54, 1.807) is 0 Å². The largest absolute Gasteiger partial charge is 0.299 e. The Morgan fingerprint density at radius 1 is 1.18 bits per heavy atom. The number of Topliss-reactive ketones (excluding diaryl/α,β-unsaturated/α-hetero) is 1. The van der Waals surface area contributed by atoms with Crippen molar-refractivity contribution in [1.82, 2.24) is 15.4 Å². The SMILES string of the molecule is C[C@]12CC[C@@H]3c4ccc5n[nH]nc5c4CC[C@H]3[C@@H]1CCC2=O. The molecule has 2 saturated carbocycles. The molecule has 0 unspecified atom stereocenters. The van der Waals surface area contributed by atoms with E-state index >= 15 is 0 Å². The Balaban J connectivity index is 1.61. The third-order valence-corrected chi connectivity index (χ3v) is 6.90. The Hall–Kier alpha value is -1.71. The van der Waals surface area contributed by atoms with Gasteiger partial charge < -0.3 is 0 Å². The Bertz CT molecular complexity index is 780. The maximum atomic E-state index is 12.4. The number of ketones is 1. The molecule has 1 aromatic carbocycles. The number of carbonyl (C=O) groups is 1. The summed E-state index contributed by atoms with van der Waals surface area (Å²) in [7, 11) is 0. The van der Waals surface area contributed by atoms with Gasteiger partial charge in [0.1, 0.15) is 16.8 Å². The van der Waals surface area contributed by atoms with Gasteiger partial charge in [-0.3, -0.25) is 4.79 Å². The zero-order valence-electron chi connectivity index (χ0n) is 12.9. The average Bonchev–Trinajstić information content (AvgIpc) is 3.12. The summed E-state index contributed by atoms with van der Waals surface area (Å²) in [4.78, 5) is 12.4. The molecule has 114 valence electrons. The molecule has 2 aromatic rings. The number of benzene rings is 1. The van der Waals surface area contributed by atoms with Crippen molar-refractivity contribution in [3.05, 3.63) is 23.3 Å². The smallest absolute Gasteiger partial charge is 0.139 e. The average molecular weight is 295 g/mol. The Morgan fingerprint density at radius 2 is 2.09 bits per heavy atom. The summed E-state index contributed by atoms with van der Waals surface area (Å²) in [5, 5.41) is 11.4. The second kappa shape index (κ2) is 4.18. The lowest BCUT2D eigenvalue weighted by Gasteiger charge is -2.48. The summed E-state index contributed by atoms with van der Waals surface area (Å²) in [6, 6.07) is 4.38. The molecule has 2 fully saturated rings. The van der Waals surface area contributed by atoms with Gasteiger partial charge in [-0.2, -0.15) is 15.4 Å². The highest BCUT2D eigenvalue weighted by Gasteiger charge is 2.54. The van der Waals surface area contributed by atoms with E-state index in [2.05, 4.69) is 34.5 Å². The van der Waals surface area contributed by atoms with Crippen LogP contribution in [0.1, 0.15) is 56.1 Å². The maximum Gasteiger partial charge on any atom is 0.139 e. The molecule has 0 radical (unpaired) electrons. The number of nitrogens with one attached hydrogen (secondary N) is 1. The van der Waals surface area contributed by atoms with Gasteiger partial charge in [-0.15, -0.1) is 0 Å². The number of hydrogen-bond donors (Lipinski definition) is 1. The number of H-pyrrole nitrogens is 1. The summed E-state index contributed by atoms with van der Waals surface area (Å²) in [6.07, 6.45) is 6.42. The van der Waals surface area contributed by atoms with Gasteiger partial charge in [-0.25, -0.2) is 0 Å². The second-order valence-corrected chi connectivity index (χ2v) is 7.66. The van der Waals surface area contributed by atoms with Crippen molar-refractivity contribution in [2.45, 2.75) is 51.4 Å². The first-order chi connectivity index (χ1) is 10.7. The lowest BCUT2D eigenvalue weighted by atomic mass is 9.55. The van der Waals surface area contributed by atoms with E-state index in [0.717, 1.165) is 43.1 Å².